The van der Waals surface area contributed by atoms with Crippen LogP contribution in [0.5, 0.6) is 17.2 Å². The first-order valence-electron chi connectivity index (χ1n) is 16.7. The van der Waals surface area contributed by atoms with Gasteiger partial charge in [0.05, 0.1) is 0 Å². The normalized spacial score (nSPS) is 19.7. The van der Waals surface area contributed by atoms with Gasteiger partial charge in [-0.25, -0.2) is 0 Å². The second kappa shape index (κ2) is 14.7. The first kappa shape index (κ1) is 30.2. The van der Waals surface area contributed by atoms with Crippen molar-refractivity contribution in [2.45, 2.75) is 113 Å². The molecule has 0 atom stereocenters. The van der Waals surface area contributed by atoms with E-state index < -0.39 is 30.3 Å². The van der Waals surface area contributed by atoms with Crippen molar-refractivity contribution in [3.05, 3.63) is 91.0 Å². The van der Waals surface area contributed by atoms with Gasteiger partial charge in [-0.3, -0.25) is 0 Å². The van der Waals surface area contributed by atoms with Crippen molar-refractivity contribution in [3.63, 3.8) is 0 Å². The van der Waals surface area contributed by atoms with E-state index in [1.54, 1.807) is 0 Å². The number of hydrogen-bond donors (Lipinski definition) is 0. The Morgan fingerprint density at radius 1 is 0.405 bits per heavy atom. The minimum absolute atomic E-state index is 0.645. The van der Waals surface area contributed by atoms with Crippen molar-refractivity contribution in [2.75, 3.05) is 0 Å². The van der Waals surface area contributed by atoms with E-state index >= 15 is 0 Å². The van der Waals surface area contributed by atoms with Gasteiger partial charge >= 0.3 is 262 Å². The fourth-order valence-corrected chi connectivity index (χ4v) is 26.4. The molecule has 0 amide bonds. The fourth-order valence-electron chi connectivity index (χ4n) is 8.15. The summed E-state index contributed by atoms with van der Waals surface area (Å²) >= 11 is -4.92. The molecule has 0 saturated heterocycles. The Morgan fingerprint density at radius 3 is 0.976 bits per heavy atom. The molecule has 6 rings (SSSR count). The van der Waals surface area contributed by atoms with Crippen LogP contribution >= 0.6 is 0 Å². The molecule has 224 valence electrons. The molecule has 42 heavy (non-hydrogen) atoms. The molecule has 3 aromatic carbocycles. The molecule has 0 N–H and O–H groups in total. The summed E-state index contributed by atoms with van der Waals surface area (Å²) in [6, 6.07) is 30.5. The van der Waals surface area contributed by atoms with Crippen molar-refractivity contribution >= 4 is 8.32 Å². The number of rotatable bonds is 11. The van der Waals surface area contributed by atoms with Gasteiger partial charge in [0, 0.05) is 0 Å². The summed E-state index contributed by atoms with van der Waals surface area (Å²) in [5.74, 6) is 2.33. The molecule has 3 saturated carbocycles. The monoisotopic (exact) mass is 662 g/mol. The molecule has 0 radical (unpaired) electrons. The second-order valence-electron chi connectivity index (χ2n) is 12.7. The Hall–Kier alpha value is -1.88. The van der Waals surface area contributed by atoms with Crippen LogP contribution in [-0.4, -0.2) is 8.32 Å². The summed E-state index contributed by atoms with van der Waals surface area (Å²) in [6.07, 6.45) is 19.8. The van der Waals surface area contributed by atoms with E-state index in [2.05, 4.69) is 0 Å². The molecule has 3 fully saturated rings. The quantitative estimate of drug-likeness (QED) is 0.191. The van der Waals surface area contributed by atoms with E-state index in [1.165, 1.54) is 96.3 Å². The topological polar surface area (TPSA) is 36.9 Å². The van der Waals surface area contributed by atoms with Crippen molar-refractivity contribution < 1.29 is 33.0 Å². The predicted octanol–water partition coefficient (Wildman–Crippen LogP) is 11.0. The number of para-hydroxylation sites is 3. The summed E-state index contributed by atoms with van der Waals surface area (Å²) < 4.78 is 29.5. The molecule has 0 bridgehead atoms. The van der Waals surface area contributed by atoms with Gasteiger partial charge in [0.25, 0.3) is 0 Å². The summed E-state index contributed by atoms with van der Waals surface area (Å²) in [4.78, 5) is 0. The summed E-state index contributed by atoms with van der Waals surface area (Å²) in [5.41, 5.74) is 1.94. The third-order valence-corrected chi connectivity index (χ3v) is 24.2. The van der Waals surface area contributed by atoms with Gasteiger partial charge in [-0.05, 0) is 0 Å². The maximum atomic E-state index is 8.14. The van der Waals surface area contributed by atoms with Crippen molar-refractivity contribution in [3.8, 4) is 17.2 Å². The van der Waals surface area contributed by atoms with Gasteiger partial charge in [-0.15, -0.1) is 0 Å². The van der Waals surface area contributed by atoms with Gasteiger partial charge in [-0.1, -0.05) is 0 Å². The molecule has 4 nitrogen and oxygen atoms in total. The average Bonchev–Trinajstić information content (AvgIpc) is 3.06. The molecule has 3 aliphatic rings. The second-order valence-corrected chi connectivity index (χ2v) is 22.5. The van der Waals surface area contributed by atoms with Gasteiger partial charge in [-0.2, -0.15) is 0 Å². The molecule has 0 spiro atoms. The molecule has 0 aromatic heterocycles. The van der Waals surface area contributed by atoms with Gasteiger partial charge < -0.3 is 0 Å². The van der Waals surface area contributed by atoms with Crippen LogP contribution in [0.3, 0.4) is 0 Å². The van der Waals surface area contributed by atoms with Crippen molar-refractivity contribution in [1.29, 1.82) is 0 Å². The summed E-state index contributed by atoms with van der Waals surface area (Å²) in [6.45, 7) is 0. The van der Waals surface area contributed by atoms with Gasteiger partial charge in [0.1, 0.15) is 0 Å². The van der Waals surface area contributed by atoms with E-state index in [9.17, 15) is 0 Å². The van der Waals surface area contributed by atoms with Crippen LogP contribution in [0.15, 0.2) is 91.0 Å². The number of benzene rings is 3. The zero-order valence-electron chi connectivity index (χ0n) is 25.1. The third-order valence-electron chi connectivity index (χ3n) is 9.99. The molecule has 0 aliphatic heterocycles. The van der Waals surface area contributed by atoms with E-state index in [0.29, 0.717) is 16.6 Å². The minimum atomic E-state index is -4.92. The Labute approximate surface area is 261 Å². The van der Waals surface area contributed by atoms with Crippen LogP contribution in [0.4, 0.5) is 0 Å². The predicted molar refractivity (Wildman–Crippen MR) is 169 cm³/mol. The average molecular weight is 664 g/mol. The third kappa shape index (κ3) is 7.25. The van der Waals surface area contributed by atoms with Gasteiger partial charge in [0.15, 0.2) is 0 Å². The van der Waals surface area contributed by atoms with Crippen LogP contribution in [0.25, 0.3) is 0 Å². The van der Waals surface area contributed by atoms with E-state index in [1.807, 2.05) is 91.0 Å². The van der Waals surface area contributed by atoms with E-state index in [-0.39, 0.29) is 0 Å². The van der Waals surface area contributed by atoms with Gasteiger partial charge in [0.2, 0.25) is 0 Å². The van der Waals surface area contributed by atoms with Crippen LogP contribution in [0, 0.1) is 0 Å². The Balaban J connectivity index is 1.51. The fraction of sp³-hybridized carbons (Fsp3) is 0.500. The zero-order valence-corrected chi connectivity index (χ0v) is 28.6. The molecule has 3 aromatic rings. The number of hydrogen-bond acceptors (Lipinski definition) is 4. The Bertz CT molecular complexity index is 1050. The zero-order chi connectivity index (χ0) is 28.5. The molecule has 0 heterocycles. The summed E-state index contributed by atoms with van der Waals surface area (Å²) in [5, 5.41) is 0. The van der Waals surface area contributed by atoms with Crippen LogP contribution in [0.1, 0.15) is 96.3 Å². The maximum absolute atomic E-state index is 8.14. The van der Waals surface area contributed by atoms with Crippen molar-refractivity contribution in [1.82, 2.24) is 0 Å². The molecular formula is C36H48O4SiZr. The Morgan fingerprint density at radius 2 is 0.690 bits per heavy atom. The first-order chi connectivity index (χ1) is 20.8. The van der Waals surface area contributed by atoms with E-state index in [4.69, 9.17) is 10.9 Å². The Kier molecular flexibility index (Phi) is 10.6. The molecule has 6 heteroatoms. The van der Waals surface area contributed by atoms with Crippen molar-refractivity contribution in [2.24, 2.45) is 0 Å². The SMILES string of the molecule is c1ccc([O][Zr]([O]c2ccccc2)([O]c2ccccc2)[O][Si](C2CCCCC2)(C2CCCCC2)C2CCCCC2)cc1. The molecular weight excluding hydrogens is 616 g/mol. The summed E-state index contributed by atoms with van der Waals surface area (Å²) in [7, 11) is -2.47. The standard InChI is InChI=1S/C18H33OSi.3C6H6O.Zr/c19-20(16-10-4-1-5-11-16,17-12-6-2-7-13-17)18-14-8-3-9-15-18;3*7-6-4-2-1-3-5-6;/h16-18H,1-15H2;3*1-5,7H;/q-1;;;;+4/p-3. The van der Waals surface area contributed by atoms with Crippen LogP contribution < -0.4 is 8.44 Å². The van der Waals surface area contributed by atoms with E-state index in [0.717, 1.165) is 17.2 Å². The molecule has 3 aliphatic carbocycles. The van der Waals surface area contributed by atoms with Crippen LogP contribution in [-0.2, 0) is 24.5 Å². The first-order valence-corrected chi connectivity index (χ1v) is 22.8. The molecule has 0 unspecified atom stereocenters. The van der Waals surface area contributed by atoms with Crippen LogP contribution in [0.2, 0.25) is 16.6 Å².